The average Bonchev–Trinajstić information content (AvgIpc) is 3.31. The molecule has 1 aliphatic carbocycles. The number of carbonyl (C=O) groups excluding carboxylic acids is 1. The zero-order valence-electron chi connectivity index (χ0n) is 13.1. The predicted molar refractivity (Wildman–Crippen MR) is 89.1 cm³/mol. The summed E-state index contributed by atoms with van der Waals surface area (Å²) in [6, 6.07) is 4.68. The Bertz CT molecular complexity index is 716. The summed E-state index contributed by atoms with van der Waals surface area (Å²) in [5.41, 5.74) is 0.338. The molecule has 5 nitrogen and oxygen atoms in total. The summed E-state index contributed by atoms with van der Waals surface area (Å²) < 4.78 is 27.2. The molecule has 2 aliphatic rings. The van der Waals surface area contributed by atoms with Gasteiger partial charge < -0.3 is 5.32 Å². The summed E-state index contributed by atoms with van der Waals surface area (Å²) in [6.07, 6.45) is 3.84. The van der Waals surface area contributed by atoms with Crippen LogP contribution >= 0.6 is 11.6 Å². The Morgan fingerprint density at radius 2 is 2.04 bits per heavy atom. The number of nitrogens with one attached hydrogen (secondary N) is 1. The Morgan fingerprint density at radius 3 is 2.70 bits per heavy atom. The van der Waals surface area contributed by atoms with Crippen molar-refractivity contribution in [2.24, 2.45) is 5.92 Å². The lowest BCUT2D eigenvalue weighted by atomic mass is 10.0. The van der Waals surface area contributed by atoms with E-state index >= 15 is 0 Å². The molecular formula is C16H21ClN2O3S. The zero-order valence-corrected chi connectivity index (χ0v) is 14.7. The average molecular weight is 357 g/mol. The maximum Gasteiger partial charge on any atom is 0.251 e. The largest absolute Gasteiger partial charge is 0.349 e. The zero-order chi connectivity index (χ0) is 16.6. The molecule has 1 atom stereocenters. The van der Waals surface area contributed by atoms with Crippen LogP contribution in [0.15, 0.2) is 23.1 Å². The van der Waals surface area contributed by atoms with Gasteiger partial charge in [0, 0.05) is 24.7 Å². The molecule has 1 aromatic rings. The molecule has 0 radical (unpaired) electrons. The number of hydrogen-bond acceptors (Lipinski definition) is 3. The molecule has 1 aliphatic heterocycles. The molecule has 23 heavy (non-hydrogen) atoms. The van der Waals surface area contributed by atoms with Crippen molar-refractivity contribution >= 4 is 27.5 Å². The van der Waals surface area contributed by atoms with Crippen LogP contribution in [-0.2, 0) is 10.0 Å². The van der Waals surface area contributed by atoms with Gasteiger partial charge in [-0.15, -0.1) is 0 Å². The third kappa shape index (κ3) is 3.70. The predicted octanol–water partition coefficient (Wildman–Crippen LogP) is 2.65. The van der Waals surface area contributed by atoms with E-state index in [-0.39, 0.29) is 21.9 Å². The lowest BCUT2D eigenvalue weighted by Gasteiger charge is -2.30. The van der Waals surface area contributed by atoms with Crippen molar-refractivity contribution in [1.29, 1.82) is 0 Å². The molecular weight excluding hydrogens is 336 g/mol. The normalized spacial score (nSPS) is 22.8. The van der Waals surface area contributed by atoms with E-state index in [1.165, 1.54) is 16.4 Å². The summed E-state index contributed by atoms with van der Waals surface area (Å²) in [5, 5.41) is 3.02. The molecule has 7 heteroatoms. The molecule has 1 saturated carbocycles. The highest BCUT2D eigenvalue weighted by Gasteiger charge is 2.31. The monoisotopic (exact) mass is 356 g/mol. The molecule has 1 aromatic carbocycles. The third-order valence-electron chi connectivity index (χ3n) is 4.34. The minimum absolute atomic E-state index is 0.0247. The summed E-state index contributed by atoms with van der Waals surface area (Å²) >= 11 is 6.12. The van der Waals surface area contributed by atoms with Gasteiger partial charge in [-0.3, -0.25) is 4.79 Å². The molecule has 1 heterocycles. The number of hydrogen-bond donors (Lipinski definition) is 1. The van der Waals surface area contributed by atoms with Gasteiger partial charge in [0.15, 0.2) is 0 Å². The van der Waals surface area contributed by atoms with E-state index < -0.39 is 10.0 Å². The van der Waals surface area contributed by atoms with Crippen LogP contribution in [0, 0.1) is 5.92 Å². The molecule has 1 unspecified atom stereocenters. The number of halogens is 1. The summed E-state index contributed by atoms with van der Waals surface area (Å²) in [5.74, 6) is 0.0891. The van der Waals surface area contributed by atoms with Gasteiger partial charge in [0.1, 0.15) is 4.90 Å². The van der Waals surface area contributed by atoms with Gasteiger partial charge in [-0.05, 0) is 49.8 Å². The maximum absolute atomic E-state index is 12.9. The van der Waals surface area contributed by atoms with Gasteiger partial charge >= 0.3 is 0 Å². The summed E-state index contributed by atoms with van der Waals surface area (Å²) in [7, 11) is -3.67. The van der Waals surface area contributed by atoms with Crippen molar-refractivity contribution in [2.75, 3.05) is 13.1 Å². The van der Waals surface area contributed by atoms with Gasteiger partial charge in [0.25, 0.3) is 5.91 Å². The fourth-order valence-electron chi connectivity index (χ4n) is 2.84. The smallest absolute Gasteiger partial charge is 0.251 e. The number of amides is 1. The van der Waals surface area contributed by atoms with Gasteiger partial charge in [-0.1, -0.05) is 18.5 Å². The van der Waals surface area contributed by atoms with Crippen molar-refractivity contribution in [2.45, 2.75) is 43.5 Å². The van der Waals surface area contributed by atoms with Gasteiger partial charge in [-0.2, -0.15) is 4.31 Å². The molecule has 0 bridgehead atoms. The van der Waals surface area contributed by atoms with Crippen molar-refractivity contribution in [3.05, 3.63) is 28.8 Å². The van der Waals surface area contributed by atoms with Crippen molar-refractivity contribution in [1.82, 2.24) is 9.62 Å². The van der Waals surface area contributed by atoms with E-state index in [1.54, 1.807) is 6.07 Å². The van der Waals surface area contributed by atoms with E-state index in [0.29, 0.717) is 24.6 Å². The molecule has 2 fully saturated rings. The number of benzene rings is 1. The van der Waals surface area contributed by atoms with Crippen molar-refractivity contribution in [3.63, 3.8) is 0 Å². The second-order valence-electron chi connectivity index (χ2n) is 6.50. The Labute approximate surface area is 142 Å². The van der Waals surface area contributed by atoms with E-state index in [0.717, 1.165) is 25.7 Å². The van der Waals surface area contributed by atoms with Crippen LogP contribution in [0.1, 0.15) is 43.0 Å². The molecule has 1 amide bonds. The van der Waals surface area contributed by atoms with E-state index in [1.807, 2.05) is 6.92 Å². The fourth-order valence-corrected chi connectivity index (χ4v) is 4.94. The molecule has 1 N–H and O–H groups in total. The molecule has 0 spiro atoms. The SMILES string of the molecule is CC1CCCN(S(=O)(=O)c2cc(C(=O)NC3CC3)ccc2Cl)C1. The molecule has 3 rings (SSSR count). The highest BCUT2D eigenvalue weighted by molar-refractivity contribution is 7.89. The first-order valence-corrected chi connectivity index (χ1v) is 9.80. The van der Waals surface area contributed by atoms with Gasteiger partial charge in [0.2, 0.25) is 10.0 Å². The number of piperidine rings is 1. The van der Waals surface area contributed by atoms with Crippen LogP contribution in [0.3, 0.4) is 0 Å². The van der Waals surface area contributed by atoms with Crippen LogP contribution in [-0.4, -0.2) is 37.8 Å². The topological polar surface area (TPSA) is 66.5 Å². The summed E-state index contributed by atoms with van der Waals surface area (Å²) in [4.78, 5) is 12.2. The van der Waals surface area contributed by atoms with Crippen LogP contribution in [0.5, 0.6) is 0 Å². The summed E-state index contributed by atoms with van der Waals surface area (Å²) in [6.45, 7) is 3.04. The quantitative estimate of drug-likeness (QED) is 0.901. The fraction of sp³-hybridized carbons (Fsp3) is 0.562. The first-order valence-electron chi connectivity index (χ1n) is 7.98. The minimum atomic E-state index is -3.67. The Balaban J connectivity index is 1.89. The highest BCUT2D eigenvalue weighted by atomic mass is 35.5. The minimum Gasteiger partial charge on any atom is -0.349 e. The number of rotatable bonds is 4. The van der Waals surface area contributed by atoms with Crippen LogP contribution in [0.25, 0.3) is 0 Å². The number of nitrogens with zero attached hydrogens (tertiary/aromatic N) is 1. The van der Waals surface area contributed by atoms with Crippen LogP contribution in [0.2, 0.25) is 5.02 Å². The Kier molecular flexibility index (Phi) is 4.67. The second kappa shape index (κ2) is 6.42. The van der Waals surface area contributed by atoms with E-state index in [9.17, 15) is 13.2 Å². The van der Waals surface area contributed by atoms with Gasteiger partial charge in [0.05, 0.1) is 5.02 Å². The maximum atomic E-state index is 12.9. The first-order chi connectivity index (χ1) is 10.9. The molecule has 0 aromatic heterocycles. The van der Waals surface area contributed by atoms with Gasteiger partial charge in [-0.25, -0.2) is 8.42 Å². The van der Waals surface area contributed by atoms with Crippen molar-refractivity contribution < 1.29 is 13.2 Å². The molecule has 1 saturated heterocycles. The highest BCUT2D eigenvalue weighted by Crippen LogP contribution is 2.29. The van der Waals surface area contributed by atoms with E-state index in [4.69, 9.17) is 11.6 Å². The standard InChI is InChI=1S/C16H21ClN2O3S/c1-11-3-2-8-19(10-11)23(21,22)15-9-12(4-7-14(15)17)16(20)18-13-5-6-13/h4,7,9,11,13H,2-3,5-6,8,10H2,1H3,(H,18,20). The van der Waals surface area contributed by atoms with Crippen molar-refractivity contribution in [3.8, 4) is 0 Å². The van der Waals surface area contributed by atoms with Crippen LogP contribution in [0.4, 0.5) is 0 Å². The lowest BCUT2D eigenvalue weighted by molar-refractivity contribution is 0.0951. The number of sulfonamides is 1. The Morgan fingerprint density at radius 1 is 1.30 bits per heavy atom. The third-order valence-corrected chi connectivity index (χ3v) is 6.69. The lowest BCUT2D eigenvalue weighted by Crippen LogP contribution is -2.39. The first kappa shape index (κ1) is 16.7. The van der Waals surface area contributed by atoms with Crippen LogP contribution < -0.4 is 5.32 Å². The Hall–Kier alpha value is -1.11. The molecule has 126 valence electrons. The van der Waals surface area contributed by atoms with E-state index in [2.05, 4.69) is 5.32 Å². The second-order valence-corrected chi connectivity index (χ2v) is 8.82. The number of carbonyl (C=O) groups is 1.